The molecular weight excluding hydrogens is 332 g/mol. The van der Waals surface area contributed by atoms with Gasteiger partial charge < -0.3 is 4.42 Å². The molecule has 0 spiro atoms. The van der Waals surface area contributed by atoms with Gasteiger partial charge >= 0.3 is 5.76 Å². The zero-order valence-corrected chi connectivity index (χ0v) is 14.4. The predicted molar refractivity (Wildman–Crippen MR) is 89.5 cm³/mol. The summed E-state index contributed by atoms with van der Waals surface area (Å²) in [5.41, 5.74) is 0.754. The maximum absolute atomic E-state index is 12.6. The van der Waals surface area contributed by atoms with Gasteiger partial charge in [-0.25, -0.2) is 17.9 Å². The molecule has 2 aromatic heterocycles. The number of sulfonamides is 1. The zero-order valence-electron chi connectivity index (χ0n) is 13.6. The molecule has 0 amide bonds. The van der Waals surface area contributed by atoms with E-state index in [1.165, 1.54) is 16.7 Å². The Kier molecular flexibility index (Phi) is 3.96. The average Bonchev–Trinajstić information content (AvgIpc) is 3.11. The van der Waals surface area contributed by atoms with E-state index in [9.17, 15) is 13.2 Å². The van der Waals surface area contributed by atoms with Crippen LogP contribution in [0.2, 0.25) is 0 Å². The lowest BCUT2D eigenvalue weighted by atomic mass is 10.3. The molecule has 0 aliphatic heterocycles. The molecule has 0 fully saturated rings. The van der Waals surface area contributed by atoms with E-state index in [1.807, 2.05) is 13.8 Å². The number of oxazole rings is 1. The molecule has 1 unspecified atom stereocenters. The second-order valence-electron chi connectivity index (χ2n) is 5.58. The van der Waals surface area contributed by atoms with Gasteiger partial charge in [0.25, 0.3) is 10.0 Å². The van der Waals surface area contributed by atoms with E-state index in [-0.39, 0.29) is 16.5 Å². The Balaban J connectivity index is 1.99. The fourth-order valence-corrected chi connectivity index (χ4v) is 3.46. The van der Waals surface area contributed by atoms with Crippen molar-refractivity contribution < 1.29 is 12.8 Å². The Bertz CT molecular complexity index is 1050. The van der Waals surface area contributed by atoms with Crippen molar-refractivity contribution in [1.29, 1.82) is 0 Å². The largest absolute Gasteiger partial charge is 0.419 e. The molecule has 0 saturated heterocycles. The first kappa shape index (κ1) is 16.3. The Hall–Kier alpha value is -2.55. The molecule has 0 aliphatic carbocycles. The van der Waals surface area contributed by atoms with Crippen molar-refractivity contribution in [3.63, 3.8) is 0 Å². The standard InChI is InChI=1S/C15H18N4O4S/c1-4-10(2)19-14(7-8-16-19)17-24(21,22)11-5-6-12-13(9-11)23-15(20)18(12)3/h5-10,17H,4H2,1-3H3. The second-order valence-corrected chi connectivity index (χ2v) is 7.26. The summed E-state index contributed by atoms with van der Waals surface area (Å²) in [6.45, 7) is 3.95. The van der Waals surface area contributed by atoms with Gasteiger partial charge in [-0.15, -0.1) is 0 Å². The number of hydrogen-bond acceptors (Lipinski definition) is 5. The van der Waals surface area contributed by atoms with Gasteiger partial charge in [0.2, 0.25) is 0 Å². The topological polar surface area (TPSA) is 99.1 Å². The minimum atomic E-state index is -3.82. The molecule has 1 N–H and O–H groups in total. The molecule has 9 heteroatoms. The number of anilines is 1. The average molecular weight is 350 g/mol. The maximum Gasteiger partial charge on any atom is 0.419 e. The Morgan fingerprint density at radius 2 is 2.08 bits per heavy atom. The molecule has 0 saturated carbocycles. The van der Waals surface area contributed by atoms with Gasteiger partial charge in [-0.3, -0.25) is 9.29 Å². The summed E-state index contributed by atoms with van der Waals surface area (Å²) in [6, 6.07) is 5.98. The van der Waals surface area contributed by atoms with E-state index in [0.717, 1.165) is 6.42 Å². The van der Waals surface area contributed by atoms with Crippen LogP contribution in [0.4, 0.5) is 5.82 Å². The first-order valence-corrected chi connectivity index (χ1v) is 8.97. The Morgan fingerprint density at radius 1 is 1.33 bits per heavy atom. The van der Waals surface area contributed by atoms with Crippen molar-refractivity contribution in [2.24, 2.45) is 7.05 Å². The van der Waals surface area contributed by atoms with Gasteiger partial charge in [-0.05, 0) is 25.5 Å². The first-order valence-electron chi connectivity index (χ1n) is 7.49. The van der Waals surface area contributed by atoms with Gasteiger partial charge in [0.1, 0.15) is 5.82 Å². The quantitative estimate of drug-likeness (QED) is 0.760. The van der Waals surface area contributed by atoms with Gasteiger partial charge in [0.15, 0.2) is 5.58 Å². The minimum absolute atomic E-state index is 0.0150. The van der Waals surface area contributed by atoms with Crippen LogP contribution in [-0.2, 0) is 17.1 Å². The van der Waals surface area contributed by atoms with Crippen LogP contribution >= 0.6 is 0 Å². The first-order chi connectivity index (χ1) is 11.3. The van der Waals surface area contributed by atoms with Crippen molar-refractivity contribution in [2.45, 2.75) is 31.2 Å². The molecule has 1 atom stereocenters. The molecule has 8 nitrogen and oxygen atoms in total. The van der Waals surface area contributed by atoms with Crippen molar-refractivity contribution in [3.8, 4) is 0 Å². The third-order valence-corrected chi connectivity index (χ3v) is 5.34. The normalized spacial score (nSPS) is 13.3. The molecule has 3 rings (SSSR count). The summed E-state index contributed by atoms with van der Waals surface area (Å²) in [7, 11) is -2.26. The van der Waals surface area contributed by atoms with Crippen molar-refractivity contribution in [3.05, 3.63) is 41.0 Å². The van der Waals surface area contributed by atoms with Crippen molar-refractivity contribution in [2.75, 3.05) is 4.72 Å². The number of hydrogen-bond donors (Lipinski definition) is 1. The van der Waals surface area contributed by atoms with E-state index < -0.39 is 15.8 Å². The van der Waals surface area contributed by atoms with Crippen LogP contribution in [-0.4, -0.2) is 22.8 Å². The van der Waals surface area contributed by atoms with Crippen LogP contribution in [0.1, 0.15) is 26.3 Å². The molecular formula is C15H18N4O4S. The molecule has 128 valence electrons. The van der Waals surface area contributed by atoms with Gasteiger partial charge in [-0.2, -0.15) is 5.10 Å². The van der Waals surface area contributed by atoms with Crippen LogP contribution in [0, 0.1) is 0 Å². The summed E-state index contributed by atoms with van der Waals surface area (Å²) < 4.78 is 35.8. The van der Waals surface area contributed by atoms with Crippen molar-refractivity contribution >= 4 is 26.9 Å². The molecule has 2 heterocycles. The van der Waals surface area contributed by atoms with Gasteiger partial charge in [0, 0.05) is 19.2 Å². The van der Waals surface area contributed by atoms with Crippen LogP contribution < -0.4 is 10.5 Å². The molecule has 0 bridgehead atoms. The fraction of sp³-hybridized carbons (Fsp3) is 0.333. The second kappa shape index (κ2) is 5.82. The Morgan fingerprint density at radius 3 is 2.79 bits per heavy atom. The summed E-state index contributed by atoms with van der Waals surface area (Å²) in [4.78, 5) is 11.5. The molecule has 0 radical (unpaired) electrons. The van der Waals surface area contributed by atoms with Gasteiger partial charge in [0.05, 0.1) is 22.7 Å². The van der Waals surface area contributed by atoms with Crippen LogP contribution in [0.3, 0.4) is 0 Å². The Labute approximate surface area is 138 Å². The SMILES string of the molecule is CCC(C)n1nccc1NS(=O)(=O)c1ccc2c(c1)oc(=O)n2C. The number of nitrogens with zero attached hydrogens (tertiary/aromatic N) is 3. The van der Waals surface area contributed by atoms with E-state index in [0.29, 0.717) is 11.3 Å². The summed E-state index contributed by atoms with van der Waals surface area (Å²) >= 11 is 0. The number of rotatable bonds is 5. The third kappa shape index (κ3) is 2.71. The lowest BCUT2D eigenvalue weighted by Crippen LogP contribution is -2.18. The highest BCUT2D eigenvalue weighted by molar-refractivity contribution is 7.92. The molecule has 24 heavy (non-hydrogen) atoms. The summed E-state index contributed by atoms with van der Waals surface area (Å²) in [5.74, 6) is -0.152. The van der Waals surface area contributed by atoms with E-state index in [4.69, 9.17) is 4.42 Å². The van der Waals surface area contributed by atoms with E-state index in [2.05, 4.69) is 9.82 Å². The fourth-order valence-electron chi connectivity index (χ4n) is 2.40. The van der Waals surface area contributed by atoms with Crippen LogP contribution in [0.5, 0.6) is 0 Å². The smallest absolute Gasteiger partial charge is 0.408 e. The number of benzene rings is 1. The van der Waals surface area contributed by atoms with Crippen molar-refractivity contribution in [1.82, 2.24) is 14.3 Å². The highest BCUT2D eigenvalue weighted by atomic mass is 32.2. The van der Waals surface area contributed by atoms with E-state index in [1.54, 1.807) is 30.1 Å². The van der Waals surface area contributed by atoms with Gasteiger partial charge in [-0.1, -0.05) is 6.92 Å². The maximum atomic E-state index is 12.6. The molecule has 1 aromatic carbocycles. The lowest BCUT2D eigenvalue weighted by Gasteiger charge is -2.15. The summed E-state index contributed by atoms with van der Waals surface area (Å²) in [6.07, 6.45) is 2.36. The highest BCUT2D eigenvalue weighted by Crippen LogP contribution is 2.22. The minimum Gasteiger partial charge on any atom is -0.408 e. The summed E-state index contributed by atoms with van der Waals surface area (Å²) in [5, 5.41) is 4.16. The predicted octanol–water partition coefficient (Wildman–Crippen LogP) is 2.10. The monoisotopic (exact) mass is 350 g/mol. The highest BCUT2D eigenvalue weighted by Gasteiger charge is 2.19. The lowest BCUT2D eigenvalue weighted by molar-refractivity contribution is 0.484. The third-order valence-electron chi connectivity index (χ3n) is 3.99. The zero-order chi connectivity index (χ0) is 17.5. The molecule has 3 aromatic rings. The van der Waals surface area contributed by atoms with Crippen LogP contribution in [0.15, 0.2) is 44.6 Å². The number of nitrogens with one attached hydrogen (secondary N) is 1. The number of aryl methyl sites for hydroxylation is 1. The number of aromatic nitrogens is 3. The van der Waals surface area contributed by atoms with Crippen LogP contribution in [0.25, 0.3) is 11.1 Å². The van der Waals surface area contributed by atoms with E-state index >= 15 is 0 Å². The molecule has 0 aliphatic rings. The number of fused-ring (bicyclic) bond motifs is 1.